The molecule has 2 atom stereocenters. The van der Waals surface area contributed by atoms with Crippen molar-refractivity contribution >= 4 is 34.0 Å². The number of anilines is 1. The van der Waals surface area contributed by atoms with Gasteiger partial charge in [0, 0.05) is 23.8 Å². The smallest absolute Gasteiger partial charge is 0.261 e. The molecule has 0 radical (unpaired) electrons. The standard InChI is InChI=1S/C19H22FN3O3S.ClH/c1-13-10-11-21-12-18(13)22-19(24)14-2-8-17(9-3-14)27(25,26)23-16-6-4-15(20)5-7-16;/h2-9,13,18,21,23H,10-12H2,1H3,(H,22,24);1H. The van der Waals surface area contributed by atoms with Gasteiger partial charge >= 0.3 is 0 Å². The van der Waals surface area contributed by atoms with Crippen molar-refractivity contribution in [1.82, 2.24) is 10.6 Å². The third-order valence-electron chi connectivity index (χ3n) is 4.67. The topological polar surface area (TPSA) is 87.3 Å². The fraction of sp³-hybridized carbons (Fsp3) is 0.316. The maximum Gasteiger partial charge on any atom is 0.261 e. The van der Waals surface area contributed by atoms with Gasteiger partial charge in [-0.25, -0.2) is 12.8 Å². The number of carbonyl (C=O) groups excluding carboxylic acids is 1. The lowest BCUT2D eigenvalue weighted by molar-refractivity contribution is 0.0915. The van der Waals surface area contributed by atoms with Crippen LogP contribution in [0.4, 0.5) is 10.1 Å². The molecular formula is C19H23ClFN3O3S. The number of carbonyl (C=O) groups is 1. The van der Waals surface area contributed by atoms with Crippen molar-refractivity contribution in [2.24, 2.45) is 5.92 Å². The summed E-state index contributed by atoms with van der Waals surface area (Å²) >= 11 is 0. The van der Waals surface area contributed by atoms with Gasteiger partial charge in [-0.2, -0.15) is 0 Å². The monoisotopic (exact) mass is 427 g/mol. The highest BCUT2D eigenvalue weighted by molar-refractivity contribution is 7.92. The lowest BCUT2D eigenvalue weighted by Crippen LogP contribution is -2.50. The van der Waals surface area contributed by atoms with Crippen LogP contribution in [0.5, 0.6) is 0 Å². The Labute approximate surface area is 170 Å². The minimum absolute atomic E-state index is 0. The molecule has 1 saturated heterocycles. The zero-order valence-corrected chi connectivity index (χ0v) is 16.9. The normalized spacial score (nSPS) is 19.4. The van der Waals surface area contributed by atoms with E-state index >= 15 is 0 Å². The third-order valence-corrected chi connectivity index (χ3v) is 6.06. The predicted molar refractivity (Wildman–Crippen MR) is 109 cm³/mol. The molecule has 1 amide bonds. The summed E-state index contributed by atoms with van der Waals surface area (Å²) in [6.07, 6.45) is 0.997. The number of halogens is 2. The Morgan fingerprint density at radius 1 is 1.11 bits per heavy atom. The summed E-state index contributed by atoms with van der Waals surface area (Å²) in [7, 11) is -3.82. The summed E-state index contributed by atoms with van der Waals surface area (Å²) in [4.78, 5) is 12.4. The van der Waals surface area contributed by atoms with Gasteiger partial charge in [0.25, 0.3) is 15.9 Å². The second kappa shape index (κ2) is 9.36. The first kappa shape index (κ1) is 22.1. The lowest BCUT2D eigenvalue weighted by Gasteiger charge is -2.30. The van der Waals surface area contributed by atoms with Crippen LogP contribution in [0.1, 0.15) is 23.7 Å². The van der Waals surface area contributed by atoms with E-state index in [1.165, 1.54) is 48.5 Å². The molecule has 152 valence electrons. The number of piperidine rings is 1. The van der Waals surface area contributed by atoms with E-state index in [2.05, 4.69) is 22.3 Å². The van der Waals surface area contributed by atoms with E-state index in [4.69, 9.17) is 0 Å². The van der Waals surface area contributed by atoms with Crippen LogP contribution >= 0.6 is 12.4 Å². The highest BCUT2D eigenvalue weighted by Gasteiger charge is 2.23. The molecule has 1 fully saturated rings. The molecule has 28 heavy (non-hydrogen) atoms. The molecule has 1 heterocycles. The maximum absolute atomic E-state index is 12.9. The summed E-state index contributed by atoms with van der Waals surface area (Å²) < 4.78 is 40.1. The van der Waals surface area contributed by atoms with E-state index < -0.39 is 15.8 Å². The Bertz CT molecular complexity index is 905. The number of benzene rings is 2. The Hall–Kier alpha value is -2.16. The Kier molecular flexibility index (Phi) is 7.40. The Morgan fingerprint density at radius 3 is 2.36 bits per heavy atom. The van der Waals surface area contributed by atoms with E-state index in [1.54, 1.807) is 0 Å². The first-order valence-corrected chi connectivity index (χ1v) is 10.2. The quantitative estimate of drug-likeness (QED) is 0.684. The second-order valence-corrected chi connectivity index (χ2v) is 8.37. The zero-order chi connectivity index (χ0) is 19.4. The van der Waals surface area contributed by atoms with E-state index in [0.717, 1.165) is 19.5 Å². The molecule has 2 aromatic carbocycles. The largest absolute Gasteiger partial charge is 0.348 e. The number of amides is 1. The SMILES string of the molecule is CC1CCNCC1NC(=O)c1ccc(S(=O)(=O)Nc2ccc(F)cc2)cc1.Cl. The lowest BCUT2D eigenvalue weighted by atomic mass is 9.94. The molecule has 2 unspecified atom stereocenters. The number of hydrogen-bond acceptors (Lipinski definition) is 4. The van der Waals surface area contributed by atoms with Gasteiger partial charge in [-0.15, -0.1) is 12.4 Å². The zero-order valence-electron chi connectivity index (χ0n) is 15.3. The summed E-state index contributed by atoms with van der Waals surface area (Å²) in [5.74, 6) is -0.295. The molecule has 0 aromatic heterocycles. The van der Waals surface area contributed by atoms with Crippen LogP contribution in [0.3, 0.4) is 0 Å². The van der Waals surface area contributed by atoms with Crippen molar-refractivity contribution in [2.75, 3.05) is 17.8 Å². The van der Waals surface area contributed by atoms with Gasteiger partial charge in [-0.05, 0) is 67.4 Å². The van der Waals surface area contributed by atoms with Crippen LogP contribution in [0.2, 0.25) is 0 Å². The molecule has 3 N–H and O–H groups in total. The molecular weight excluding hydrogens is 405 g/mol. The van der Waals surface area contributed by atoms with Gasteiger partial charge in [-0.1, -0.05) is 6.92 Å². The summed E-state index contributed by atoms with van der Waals surface area (Å²) in [5, 5.41) is 6.24. The molecule has 2 aromatic rings. The van der Waals surface area contributed by atoms with E-state index in [1.807, 2.05) is 0 Å². The fourth-order valence-electron chi connectivity index (χ4n) is 2.95. The van der Waals surface area contributed by atoms with E-state index in [0.29, 0.717) is 11.5 Å². The van der Waals surface area contributed by atoms with Gasteiger partial charge in [0.15, 0.2) is 0 Å². The van der Waals surface area contributed by atoms with Gasteiger partial charge in [-0.3, -0.25) is 9.52 Å². The molecule has 0 bridgehead atoms. The summed E-state index contributed by atoms with van der Waals surface area (Å²) in [5.41, 5.74) is 0.658. The first-order chi connectivity index (χ1) is 12.8. The number of nitrogens with one attached hydrogen (secondary N) is 3. The fourth-order valence-corrected chi connectivity index (χ4v) is 4.01. The minimum atomic E-state index is -3.82. The van der Waals surface area contributed by atoms with Gasteiger partial charge in [0.1, 0.15) is 5.82 Å². The maximum atomic E-state index is 12.9. The first-order valence-electron chi connectivity index (χ1n) is 8.75. The summed E-state index contributed by atoms with van der Waals surface area (Å²) in [6, 6.07) is 10.8. The Balaban J connectivity index is 0.00000280. The molecule has 3 rings (SSSR count). The van der Waals surface area contributed by atoms with Gasteiger partial charge in [0.05, 0.1) is 4.90 Å². The molecule has 0 saturated carbocycles. The van der Waals surface area contributed by atoms with Crippen molar-refractivity contribution in [3.63, 3.8) is 0 Å². The van der Waals surface area contributed by atoms with Crippen LogP contribution in [-0.2, 0) is 10.0 Å². The van der Waals surface area contributed by atoms with E-state index in [-0.39, 0.29) is 34.9 Å². The average molecular weight is 428 g/mol. The van der Waals surface area contributed by atoms with Crippen LogP contribution in [0, 0.1) is 11.7 Å². The highest BCUT2D eigenvalue weighted by Crippen LogP contribution is 2.18. The molecule has 0 spiro atoms. The number of hydrogen-bond donors (Lipinski definition) is 3. The van der Waals surface area contributed by atoms with Gasteiger partial charge < -0.3 is 10.6 Å². The van der Waals surface area contributed by atoms with Crippen LogP contribution in [-0.4, -0.2) is 33.5 Å². The third kappa shape index (κ3) is 5.43. The second-order valence-electron chi connectivity index (χ2n) is 6.69. The number of rotatable bonds is 5. The van der Waals surface area contributed by atoms with Crippen LogP contribution in [0.15, 0.2) is 53.4 Å². The van der Waals surface area contributed by atoms with Crippen molar-refractivity contribution in [3.8, 4) is 0 Å². The predicted octanol–water partition coefficient (Wildman–Crippen LogP) is 2.78. The van der Waals surface area contributed by atoms with Crippen molar-refractivity contribution in [1.29, 1.82) is 0 Å². The molecule has 6 nitrogen and oxygen atoms in total. The van der Waals surface area contributed by atoms with Crippen molar-refractivity contribution < 1.29 is 17.6 Å². The van der Waals surface area contributed by atoms with Gasteiger partial charge in [0.2, 0.25) is 0 Å². The van der Waals surface area contributed by atoms with Crippen LogP contribution in [0.25, 0.3) is 0 Å². The molecule has 0 aliphatic carbocycles. The average Bonchev–Trinajstić information content (AvgIpc) is 2.65. The van der Waals surface area contributed by atoms with Crippen LogP contribution < -0.4 is 15.4 Å². The molecule has 1 aliphatic heterocycles. The molecule has 9 heteroatoms. The Morgan fingerprint density at radius 2 is 1.75 bits per heavy atom. The van der Waals surface area contributed by atoms with E-state index in [9.17, 15) is 17.6 Å². The highest BCUT2D eigenvalue weighted by atomic mass is 35.5. The van der Waals surface area contributed by atoms with Crippen molar-refractivity contribution in [3.05, 3.63) is 59.9 Å². The minimum Gasteiger partial charge on any atom is -0.348 e. The number of sulfonamides is 1. The summed E-state index contributed by atoms with van der Waals surface area (Å²) in [6.45, 7) is 3.77. The molecule has 1 aliphatic rings. The van der Waals surface area contributed by atoms with Crippen molar-refractivity contribution in [2.45, 2.75) is 24.3 Å².